The largest absolute Gasteiger partial charge is 0.460 e. The van der Waals surface area contributed by atoms with Crippen molar-refractivity contribution in [1.29, 1.82) is 0 Å². The molecule has 1 heterocycles. The highest BCUT2D eigenvalue weighted by molar-refractivity contribution is 6.30. The number of ether oxygens (including phenoxy) is 3. The third kappa shape index (κ3) is 11.0. The summed E-state index contributed by atoms with van der Waals surface area (Å²) in [5.74, 6) is -3.57. The van der Waals surface area contributed by atoms with Gasteiger partial charge in [-0.2, -0.15) is 0 Å². The number of benzene rings is 4. The summed E-state index contributed by atoms with van der Waals surface area (Å²) in [7, 11) is 0. The van der Waals surface area contributed by atoms with Crippen molar-refractivity contribution in [3.8, 4) is 0 Å². The lowest BCUT2D eigenvalue weighted by molar-refractivity contribution is -0.157. The van der Waals surface area contributed by atoms with Gasteiger partial charge in [-0.15, -0.1) is 0 Å². The average molecular weight is 709 g/mol. The van der Waals surface area contributed by atoms with Crippen LogP contribution in [0.5, 0.6) is 0 Å². The molecule has 51 heavy (non-hydrogen) atoms. The number of nitrogens with zero attached hydrogens (tertiary/aromatic N) is 2. The van der Waals surface area contributed by atoms with Gasteiger partial charge >= 0.3 is 17.9 Å². The average Bonchev–Trinajstić information content (AvgIpc) is 3.17. The summed E-state index contributed by atoms with van der Waals surface area (Å²) in [5.41, 5.74) is 3.92. The number of hydrogen-bond acceptors (Lipinski definition) is 9. The molecule has 0 aromatic heterocycles. The van der Waals surface area contributed by atoms with Crippen LogP contribution in [0, 0.1) is 0 Å². The molecule has 10 heteroatoms. The van der Waals surface area contributed by atoms with Crippen molar-refractivity contribution in [2.45, 2.75) is 18.9 Å². The topological polar surface area (TPSA) is 102 Å². The fourth-order valence-electron chi connectivity index (χ4n) is 5.88. The summed E-state index contributed by atoms with van der Waals surface area (Å²) in [6.45, 7) is 6.65. The standard InChI is InChI=1S/C41H41ClN2O7/c1-30(34-13-8-14-35(29-34)40(47)33-11-6-3-7-12-33)41(48)51-38(46)20-19-37(45)50-28-27-49-26-25-43-21-23-44(24-22-43)39(31-9-4-2-5-10-31)32-15-17-36(42)18-16-32/h2-20,29-30,39H,21-28H2,1H3/b20-19-/t30-,39+/m0/s1. The predicted molar refractivity (Wildman–Crippen MR) is 194 cm³/mol. The summed E-state index contributed by atoms with van der Waals surface area (Å²) in [4.78, 5) is 54.5. The Kier molecular flexibility index (Phi) is 13.8. The van der Waals surface area contributed by atoms with Crippen molar-refractivity contribution >= 4 is 35.3 Å². The summed E-state index contributed by atoms with van der Waals surface area (Å²) in [6.07, 6.45) is 1.75. The zero-order valence-electron chi connectivity index (χ0n) is 28.5. The number of carbonyl (C=O) groups is 4. The van der Waals surface area contributed by atoms with Gasteiger partial charge in [-0.25, -0.2) is 9.59 Å². The third-order valence-electron chi connectivity index (χ3n) is 8.69. The number of hydrogen-bond donors (Lipinski definition) is 0. The van der Waals surface area contributed by atoms with Crippen LogP contribution in [0.4, 0.5) is 0 Å². The molecule has 264 valence electrons. The van der Waals surface area contributed by atoms with Crippen LogP contribution in [-0.2, 0) is 28.6 Å². The van der Waals surface area contributed by atoms with Gasteiger partial charge in [-0.05, 0) is 41.8 Å². The van der Waals surface area contributed by atoms with Gasteiger partial charge in [0.15, 0.2) is 5.78 Å². The number of rotatable bonds is 15. The molecule has 0 N–H and O–H groups in total. The lowest BCUT2D eigenvalue weighted by atomic mass is 9.96. The van der Waals surface area contributed by atoms with Gasteiger partial charge in [-0.1, -0.05) is 103 Å². The molecular formula is C41H41ClN2O7. The highest BCUT2D eigenvalue weighted by Crippen LogP contribution is 2.30. The van der Waals surface area contributed by atoms with Gasteiger partial charge in [0.1, 0.15) is 6.61 Å². The molecule has 4 aromatic carbocycles. The monoisotopic (exact) mass is 708 g/mol. The predicted octanol–water partition coefficient (Wildman–Crippen LogP) is 6.27. The van der Waals surface area contributed by atoms with E-state index in [1.165, 1.54) is 11.1 Å². The maximum absolute atomic E-state index is 12.8. The van der Waals surface area contributed by atoms with Crippen molar-refractivity contribution in [1.82, 2.24) is 9.80 Å². The molecule has 0 saturated carbocycles. The molecule has 1 aliphatic heterocycles. The zero-order valence-corrected chi connectivity index (χ0v) is 29.2. The zero-order chi connectivity index (χ0) is 36.0. The maximum Gasteiger partial charge on any atom is 0.338 e. The second-order valence-electron chi connectivity index (χ2n) is 12.1. The summed E-state index contributed by atoms with van der Waals surface area (Å²) < 4.78 is 15.7. The SMILES string of the molecule is C[C@H](C(=O)OC(=O)/C=C\C(=O)OCCOCCN1CCN([C@H](c2ccccc2)c2ccc(Cl)cc2)CC1)c1cccc(C(=O)c2ccccc2)c1. The van der Waals surface area contributed by atoms with E-state index >= 15 is 0 Å². The smallest absolute Gasteiger partial charge is 0.338 e. The quantitative estimate of drug-likeness (QED) is 0.0465. The maximum atomic E-state index is 12.8. The van der Waals surface area contributed by atoms with Gasteiger partial charge in [0.2, 0.25) is 0 Å². The Morgan fingerprint density at radius 2 is 1.29 bits per heavy atom. The molecule has 5 rings (SSSR count). The second-order valence-corrected chi connectivity index (χ2v) is 12.6. The lowest BCUT2D eigenvalue weighted by Gasteiger charge is -2.39. The van der Waals surface area contributed by atoms with Gasteiger partial charge in [0.25, 0.3) is 0 Å². The van der Waals surface area contributed by atoms with E-state index < -0.39 is 23.8 Å². The Bertz CT molecular complexity index is 1790. The van der Waals surface area contributed by atoms with E-state index in [0.717, 1.165) is 49.9 Å². The van der Waals surface area contributed by atoms with Gasteiger partial charge in [0, 0.05) is 61.0 Å². The number of esters is 3. The molecule has 1 fully saturated rings. The Labute approximate surface area is 303 Å². The van der Waals surface area contributed by atoms with E-state index in [2.05, 4.69) is 46.2 Å². The molecule has 0 unspecified atom stereocenters. The molecule has 0 bridgehead atoms. The van der Waals surface area contributed by atoms with Crippen molar-refractivity contribution in [3.05, 3.63) is 154 Å². The first-order valence-corrected chi connectivity index (χ1v) is 17.3. The molecule has 9 nitrogen and oxygen atoms in total. The summed E-state index contributed by atoms with van der Waals surface area (Å²) >= 11 is 6.16. The van der Waals surface area contributed by atoms with Crippen LogP contribution in [0.3, 0.4) is 0 Å². The molecule has 0 spiro atoms. The second kappa shape index (κ2) is 18.9. The van der Waals surface area contributed by atoms with E-state index in [4.69, 9.17) is 25.8 Å². The summed E-state index contributed by atoms with van der Waals surface area (Å²) in [5, 5.41) is 0.722. The van der Waals surface area contributed by atoms with E-state index in [1.807, 2.05) is 24.3 Å². The minimum absolute atomic E-state index is 0.0137. The Morgan fingerprint density at radius 1 is 0.686 bits per heavy atom. The van der Waals surface area contributed by atoms with Crippen LogP contribution in [0.1, 0.15) is 51.5 Å². The first-order chi connectivity index (χ1) is 24.8. The molecule has 0 amide bonds. The molecule has 2 atom stereocenters. The first-order valence-electron chi connectivity index (χ1n) is 16.9. The number of ketones is 1. The fourth-order valence-corrected chi connectivity index (χ4v) is 6.01. The molecule has 1 aliphatic rings. The molecule has 0 aliphatic carbocycles. The van der Waals surface area contributed by atoms with Crippen LogP contribution in [0.25, 0.3) is 0 Å². The van der Waals surface area contributed by atoms with Crippen LogP contribution >= 0.6 is 11.6 Å². The first kappa shape index (κ1) is 37.3. The minimum atomic E-state index is -1.00. The number of carbonyl (C=O) groups excluding carboxylic acids is 4. The van der Waals surface area contributed by atoms with Crippen LogP contribution in [0.15, 0.2) is 121 Å². The normalized spacial score (nSPS) is 14.9. The van der Waals surface area contributed by atoms with Gasteiger partial charge < -0.3 is 14.2 Å². The number of halogens is 1. The van der Waals surface area contributed by atoms with E-state index in [0.29, 0.717) is 23.3 Å². The van der Waals surface area contributed by atoms with Gasteiger partial charge in [-0.3, -0.25) is 19.4 Å². The molecule has 1 saturated heterocycles. The highest BCUT2D eigenvalue weighted by atomic mass is 35.5. The van der Waals surface area contributed by atoms with Crippen molar-refractivity contribution in [2.24, 2.45) is 0 Å². The third-order valence-corrected chi connectivity index (χ3v) is 8.94. The van der Waals surface area contributed by atoms with Crippen LogP contribution in [-0.4, -0.2) is 86.0 Å². The van der Waals surface area contributed by atoms with Crippen molar-refractivity contribution in [2.75, 3.05) is 52.5 Å². The van der Waals surface area contributed by atoms with Crippen molar-refractivity contribution in [3.63, 3.8) is 0 Å². The molecular weight excluding hydrogens is 668 g/mol. The van der Waals surface area contributed by atoms with Crippen LogP contribution < -0.4 is 0 Å². The van der Waals surface area contributed by atoms with Gasteiger partial charge in [0.05, 0.1) is 25.2 Å². The molecule has 4 aromatic rings. The highest BCUT2D eigenvalue weighted by Gasteiger charge is 2.26. The Morgan fingerprint density at radius 3 is 2.00 bits per heavy atom. The van der Waals surface area contributed by atoms with Crippen LogP contribution in [0.2, 0.25) is 5.02 Å². The van der Waals surface area contributed by atoms with E-state index in [9.17, 15) is 19.2 Å². The number of piperazine rings is 1. The Hall–Kier alpha value is -4.93. The minimum Gasteiger partial charge on any atom is -0.460 e. The van der Waals surface area contributed by atoms with E-state index in [1.54, 1.807) is 55.5 Å². The lowest BCUT2D eigenvalue weighted by Crippen LogP contribution is -2.48. The van der Waals surface area contributed by atoms with E-state index in [-0.39, 0.29) is 25.0 Å². The molecule has 0 radical (unpaired) electrons. The van der Waals surface area contributed by atoms with Crippen molar-refractivity contribution < 1.29 is 33.4 Å². The summed E-state index contributed by atoms with van der Waals surface area (Å²) in [6, 6.07) is 34.1. The fraction of sp³-hybridized carbons (Fsp3) is 0.268. The Balaban J connectivity index is 0.970.